The zero-order chi connectivity index (χ0) is 32.4. The van der Waals surface area contributed by atoms with Crippen LogP contribution in [0.5, 0.6) is 0 Å². The van der Waals surface area contributed by atoms with Crippen LogP contribution in [0.2, 0.25) is 0 Å². The third-order valence-corrected chi connectivity index (χ3v) is 5.28. The van der Waals surface area contributed by atoms with E-state index >= 15 is 0 Å². The van der Waals surface area contributed by atoms with Crippen LogP contribution >= 0.6 is 0 Å². The molecule has 0 amide bonds. The molecule has 4 rings (SSSR count). The SMILES string of the molecule is [C-]#CC#Cc1ccc(C)cc1.[C-]#CC#Cc1ccc(C)cc1.[C-]#CC#Cc1ccc(C)cc1.[C-]#CC#Cc1ccc(C)cc1.[Pt+4]. The van der Waals surface area contributed by atoms with Crippen molar-refractivity contribution < 1.29 is 21.1 Å². The van der Waals surface area contributed by atoms with E-state index < -0.39 is 0 Å². The molecule has 0 spiro atoms. The monoisotopic (exact) mass is 751 g/mol. The largest absolute Gasteiger partial charge is 4.00 e. The van der Waals surface area contributed by atoms with Crippen LogP contribution in [0.4, 0.5) is 0 Å². The van der Waals surface area contributed by atoms with Crippen LogP contribution < -0.4 is 0 Å². The Bertz CT molecular complexity index is 1600. The molecule has 0 aliphatic carbocycles. The third kappa shape index (κ3) is 19.7. The Morgan fingerprint density at radius 3 is 0.600 bits per heavy atom. The number of rotatable bonds is 0. The first-order chi connectivity index (χ1) is 21.3. The molecule has 0 aliphatic rings. The fourth-order valence-corrected chi connectivity index (χ4v) is 2.96. The predicted octanol–water partition coefficient (Wildman–Crippen LogP) is 7.74. The van der Waals surface area contributed by atoms with E-state index in [1.807, 2.05) is 148 Å². The average Bonchev–Trinajstić information content (AvgIpc) is 3.05. The van der Waals surface area contributed by atoms with Gasteiger partial charge in [0, 0.05) is 22.3 Å². The van der Waals surface area contributed by atoms with Crippen molar-refractivity contribution in [1.82, 2.24) is 0 Å². The first-order valence-electron chi connectivity index (χ1n) is 13.3. The number of hydrogen-bond acceptors (Lipinski definition) is 0. The minimum Gasteiger partial charge on any atom is -0.358 e. The summed E-state index contributed by atoms with van der Waals surface area (Å²) in [6.07, 6.45) is 26.3. The molecule has 0 radical (unpaired) electrons. The molecule has 0 aromatic heterocycles. The summed E-state index contributed by atoms with van der Waals surface area (Å²) in [5, 5.41) is 0. The number of aryl methyl sites for hydroxylation is 4. The standard InChI is InChI=1S/4C11H7.Pt/c4*1-3-4-5-11-8-6-10(2)7-9-11;/h4*6-9H,2H3;/q4*-1;+4. The Balaban J connectivity index is 0.000000569. The van der Waals surface area contributed by atoms with Crippen LogP contribution in [0.25, 0.3) is 0 Å². The van der Waals surface area contributed by atoms with Gasteiger partial charge >= 0.3 is 21.1 Å². The Morgan fingerprint density at radius 1 is 0.311 bits per heavy atom. The minimum atomic E-state index is 0. The van der Waals surface area contributed by atoms with Crippen LogP contribution in [-0.4, -0.2) is 0 Å². The van der Waals surface area contributed by atoms with Crippen molar-refractivity contribution in [2.24, 2.45) is 0 Å². The summed E-state index contributed by atoms with van der Waals surface area (Å²) in [7, 11) is 0. The molecule has 0 bridgehead atoms. The molecule has 0 heterocycles. The molecule has 0 atom stereocenters. The Hall–Kier alpha value is -5.95. The zero-order valence-corrected chi connectivity index (χ0v) is 27.8. The van der Waals surface area contributed by atoms with E-state index in [-0.39, 0.29) is 21.1 Å². The molecule has 0 saturated carbocycles. The quantitative estimate of drug-likeness (QED) is 0.128. The molecule has 0 aliphatic heterocycles. The molecule has 0 N–H and O–H groups in total. The van der Waals surface area contributed by atoms with Crippen LogP contribution in [-0.2, 0) is 21.1 Å². The van der Waals surface area contributed by atoms with Crippen LogP contribution in [0, 0.1) is 124 Å². The normalized spacial score (nSPS) is 7.47. The van der Waals surface area contributed by atoms with Crippen molar-refractivity contribution in [3.63, 3.8) is 0 Å². The molecular weight excluding hydrogens is 724 g/mol. The minimum absolute atomic E-state index is 0. The number of hydrogen-bond donors (Lipinski definition) is 0. The van der Waals surface area contributed by atoms with Gasteiger partial charge in [-0.1, -0.05) is 70.8 Å². The Labute approximate surface area is 285 Å². The van der Waals surface area contributed by atoms with Crippen molar-refractivity contribution in [2.45, 2.75) is 27.7 Å². The van der Waals surface area contributed by atoms with Crippen molar-refractivity contribution >= 4 is 0 Å². The fourth-order valence-electron chi connectivity index (χ4n) is 2.96. The molecule has 1 heteroatoms. The molecular formula is C44H28Pt. The second kappa shape index (κ2) is 24.6. The second-order valence-electron chi connectivity index (χ2n) is 8.96. The van der Waals surface area contributed by atoms with Crippen molar-refractivity contribution in [2.75, 3.05) is 0 Å². The van der Waals surface area contributed by atoms with Gasteiger partial charge in [-0.25, -0.2) is 23.7 Å². The van der Waals surface area contributed by atoms with Gasteiger partial charge in [0.25, 0.3) is 0 Å². The summed E-state index contributed by atoms with van der Waals surface area (Å²) in [6.45, 7) is 8.11. The number of benzene rings is 4. The summed E-state index contributed by atoms with van der Waals surface area (Å²) in [5.74, 6) is 29.0. The summed E-state index contributed by atoms with van der Waals surface area (Å²) < 4.78 is 0. The van der Waals surface area contributed by atoms with Gasteiger partial charge in [0.15, 0.2) is 0 Å². The molecule has 214 valence electrons. The van der Waals surface area contributed by atoms with Gasteiger partial charge in [-0.2, -0.15) is 23.7 Å². The van der Waals surface area contributed by atoms with E-state index in [2.05, 4.69) is 47.4 Å². The van der Waals surface area contributed by atoms with E-state index in [4.69, 9.17) is 25.7 Å². The van der Waals surface area contributed by atoms with Gasteiger partial charge in [-0.3, -0.25) is 23.7 Å². The first kappa shape index (κ1) is 39.0. The van der Waals surface area contributed by atoms with Crippen molar-refractivity contribution in [3.05, 3.63) is 167 Å². The van der Waals surface area contributed by atoms with Gasteiger partial charge in [-0.05, 0) is 76.2 Å². The zero-order valence-electron chi connectivity index (χ0n) is 25.6. The van der Waals surface area contributed by atoms with Gasteiger partial charge < -0.3 is 25.7 Å². The summed E-state index contributed by atoms with van der Waals surface area (Å²) in [5.41, 5.74) is 8.57. The van der Waals surface area contributed by atoms with E-state index in [1.54, 1.807) is 0 Å². The predicted molar refractivity (Wildman–Crippen MR) is 181 cm³/mol. The van der Waals surface area contributed by atoms with Gasteiger partial charge in [-0.15, -0.1) is 0 Å². The molecule has 0 fully saturated rings. The smallest absolute Gasteiger partial charge is 0.358 e. The third-order valence-electron chi connectivity index (χ3n) is 5.28. The maximum absolute atomic E-state index is 6.57. The van der Waals surface area contributed by atoms with E-state index in [1.165, 1.54) is 22.3 Å². The van der Waals surface area contributed by atoms with Gasteiger partial charge in [0.1, 0.15) is 0 Å². The molecule has 4 aromatic rings. The van der Waals surface area contributed by atoms with E-state index in [0.717, 1.165) is 22.3 Å². The molecule has 4 aromatic carbocycles. The molecule has 45 heavy (non-hydrogen) atoms. The second-order valence-corrected chi connectivity index (χ2v) is 8.96. The fraction of sp³-hybridized carbons (Fsp3) is 0.0909. The molecule has 0 saturated heterocycles. The van der Waals surface area contributed by atoms with Gasteiger partial charge in [0.05, 0.1) is 0 Å². The summed E-state index contributed by atoms with van der Waals surface area (Å²) in [4.78, 5) is 0. The summed E-state index contributed by atoms with van der Waals surface area (Å²) >= 11 is 0. The molecule has 0 unspecified atom stereocenters. The van der Waals surface area contributed by atoms with Crippen LogP contribution in [0.3, 0.4) is 0 Å². The van der Waals surface area contributed by atoms with Crippen molar-refractivity contribution in [1.29, 1.82) is 0 Å². The Kier molecular flexibility index (Phi) is 21.4. The molecule has 0 nitrogen and oxygen atoms in total. The van der Waals surface area contributed by atoms with E-state index in [0.29, 0.717) is 0 Å². The summed E-state index contributed by atoms with van der Waals surface area (Å²) in [6, 6.07) is 31.4. The van der Waals surface area contributed by atoms with Crippen LogP contribution in [0.1, 0.15) is 44.5 Å². The van der Waals surface area contributed by atoms with Gasteiger partial charge in [0.2, 0.25) is 0 Å². The van der Waals surface area contributed by atoms with E-state index in [9.17, 15) is 0 Å². The van der Waals surface area contributed by atoms with Crippen LogP contribution in [0.15, 0.2) is 97.1 Å². The first-order valence-corrected chi connectivity index (χ1v) is 13.3. The average molecular weight is 752 g/mol. The topological polar surface area (TPSA) is 0 Å². The Morgan fingerprint density at radius 2 is 0.467 bits per heavy atom. The van der Waals surface area contributed by atoms with Crippen molar-refractivity contribution in [3.8, 4) is 71.0 Å². The maximum atomic E-state index is 6.57. The maximum Gasteiger partial charge on any atom is 4.00 e.